The lowest BCUT2D eigenvalue weighted by atomic mass is 9.73. The van der Waals surface area contributed by atoms with Crippen molar-refractivity contribution in [3.05, 3.63) is 41.1 Å². The quantitative estimate of drug-likeness (QED) is 0.822. The number of allylic oxidation sites excluding steroid dienone is 1. The van der Waals surface area contributed by atoms with Gasteiger partial charge < -0.3 is 15.4 Å². The second-order valence-electron chi connectivity index (χ2n) is 6.64. The largest absolute Gasteiger partial charge is 0.497 e. The summed E-state index contributed by atoms with van der Waals surface area (Å²) in [5, 5.41) is 6.97. The van der Waals surface area contributed by atoms with E-state index in [0.717, 1.165) is 29.0 Å². The Morgan fingerprint density at radius 2 is 2.09 bits per heavy atom. The van der Waals surface area contributed by atoms with Crippen LogP contribution in [-0.2, 0) is 4.79 Å². The molecule has 0 amide bonds. The predicted octanol–water partition coefficient (Wildman–Crippen LogP) is 2.86. The SMILES string of the molecule is COc1cccc([C@@H]2NC(=S)NC3=C2C(=O)CC(C)(C)C3)c1. The Hall–Kier alpha value is -1.88. The van der Waals surface area contributed by atoms with Crippen molar-refractivity contribution < 1.29 is 9.53 Å². The number of Topliss-reactive ketones (excluding diaryl/α,β-unsaturated/α-hetero) is 1. The number of hydrogen-bond donors (Lipinski definition) is 2. The van der Waals surface area contributed by atoms with Gasteiger partial charge in [-0.05, 0) is 41.7 Å². The Kier molecular flexibility index (Phi) is 3.68. The summed E-state index contributed by atoms with van der Waals surface area (Å²) in [7, 11) is 1.64. The van der Waals surface area contributed by atoms with Crippen molar-refractivity contribution in [1.29, 1.82) is 0 Å². The van der Waals surface area contributed by atoms with E-state index in [1.165, 1.54) is 0 Å². The third-order valence-electron chi connectivity index (χ3n) is 4.18. The molecule has 0 fully saturated rings. The minimum atomic E-state index is -0.206. The van der Waals surface area contributed by atoms with Gasteiger partial charge in [-0.1, -0.05) is 26.0 Å². The van der Waals surface area contributed by atoms with Gasteiger partial charge in [0.2, 0.25) is 0 Å². The molecule has 0 unspecified atom stereocenters. The Labute approximate surface area is 135 Å². The molecule has 1 atom stereocenters. The predicted molar refractivity (Wildman–Crippen MR) is 89.7 cm³/mol. The van der Waals surface area contributed by atoms with E-state index in [1.807, 2.05) is 24.3 Å². The van der Waals surface area contributed by atoms with Gasteiger partial charge in [-0.25, -0.2) is 0 Å². The van der Waals surface area contributed by atoms with Gasteiger partial charge in [-0.3, -0.25) is 4.79 Å². The van der Waals surface area contributed by atoms with Crippen LogP contribution in [-0.4, -0.2) is 18.0 Å². The molecule has 1 aliphatic heterocycles. The molecule has 116 valence electrons. The van der Waals surface area contributed by atoms with Crippen molar-refractivity contribution >= 4 is 23.1 Å². The first-order valence-electron chi connectivity index (χ1n) is 7.37. The summed E-state index contributed by atoms with van der Waals surface area (Å²) in [6.45, 7) is 4.23. The van der Waals surface area contributed by atoms with E-state index in [2.05, 4.69) is 24.5 Å². The van der Waals surface area contributed by atoms with Crippen LogP contribution in [0.25, 0.3) is 0 Å². The lowest BCUT2D eigenvalue weighted by Crippen LogP contribution is -2.48. The normalized spacial score (nSPS) is 23.5. The maximum atomic E-state index is 12.7. The van der Waals surface area contributed by atoms with E-state index in [0.29, 0.717) is 11.5 Å². The molecule has 0 bridgehead atoms. The van der Waals surface area contributed by atoms with Crippen molar-refractivity contribution in [2.75, 3.05) is 7.11 Å². The molecule has 4 nitrogen and oxygen atoms in total. The number of thiocarbonyl (C=S) groups is 1. The number of benzene rings is 1. The Morgan fingerprint density at radius 3 is 2.82 bits per heavy atom. The molecule has 0 spiro atoms. The molecule has 5 heteroatoms. The molecule has 0 radical (unpaired) electrons. The first kappa shape index (κ1) is 15.0. The third-order valence-corrected chi connectivity index (χ3v) is 4.40. The van der Waals surface area contributed by atoms with Crippen LogP contribution >= 0.6 is 12.2 Å². The molecule has 1 aromatic rings. The summed E-state index contributed by atoms with van der Waals surface area (Å²) in [4.78, 5) is 12.7. The zero-order valence-corrected chi connectivity index (χ0v) is 13.8. The Bertz CT molecular complexity index is 679. The van der Waals surface area contributed by atoms with Gasteiger partial charge in [0.25, 0.3) is 0 Å². The first-order valence-corrected chi connectivity index (χ1v) is 7.78. The number of nitrogens with one attached hydrogen (secondary N) is 2. The summed E-state index contributed by atoms with van der Waals surface area (Å²) in [6, 6.07) is 7.56. The van der Waals surface area contributed by atoms with Gasteiger partial charge in [0.15, 0.2) is 10.9 Å². The standard InChI is InChI=1S/C17H20N2O2S/c1-17(2)8-12-14(13(20)9-17)15(19-16(22)18-12)10-5-4-6-11(7-10)21-3/h4-7,15H,8-9H2,1-3H3,(H2,18,19,22)/t15-/m0/s1. The molecule has 1 heterocycles. The zero-order valence-electron chi connectivity index (χ0n) is 13.0. The van der Waals surface area contributed by atoms with Crippen LogP contribution in [0, 0.1) is 5.41 Å². The molecule has 3 rings (SSSR count). The number of ketones is 1. The molecule has 2 N–H and O–H groups in total. The smallest absolute Gasteiger partial charge is 0.171 e. The highest BCUT2D eigenvalue weighted by molar-refractivity contribution is 7.80. The molecule has 0 saturated heterocycles. The number of carbonyl (C=O) groups is 1. The summed E-state index contributed by atoms with van der Waals surface area (Å²) in [6.07, 6.45) is 1.39. The maximum Gasteiger partial charge on any atom is 0.171 e. The third kappa shape index (κ3) is 2.73. The fourth-order valence-electron chi connectivity index (χ4n) is 3.23. The number of rotatable bonds is 2. The van der Waals surface area contributed by atoms with Crippen molar-refractivity contribution in [2.45, 2.75) is 32.7 Å². The summed E-state index contributed by atoms with van der Waals surface area (Å²) >= 11 is 5.33. The monoisotopic (exact) mass is 316 g/mol. The van der Waals surface area contributed by atoms with Crippen molar-refractivity contribution in [2.24, 2.45) is 5.41 Å². The lowest BCUT2D eigenvalue weighted by molar-refractivity contribution is -0.118. The van der Waals surface area contributed by atoms with Crippen LogP contribution in [0.4, 0.5) is 0 Å². The van der Waals surface area contributed by atoms with E-state index in [4.69, 9.17) is 17.0 Å². The maximum absolute atomic E-state index is 12.7. The van der Waals surface area contributed by atoms with Crippen molar-refractivity contribution in [3.8, 4) is 5.75 Å². The van der Waals surface area contributed by atoms with Crippen LogP contribution < -0.4 is 15.4 Å². The highest BCUT2D eigenvalue weighted by Crippen LogP contribution is 2.41. The first-order chi connectivity index (χ1) is 10.4. The van der Waals surface area contributed by atoms with Crippen LogP contribution in [0.3, 0.4) is 0 Å². The van der Waals surface area contributed by atoms with E-state index in [9.17, 15) is 4.79 Å². The summed E-state index contributed by atoms with van der Waals surface area (Å²) < 4.78 is 5.29. The Morgan fingerprint density at radius 1 is 1.32 bits per heavy atom. The molecular formula is C17H20N2O2S. The number of ether oxygens (including phenoxy) is 1. The highest BCUT2D eigenvalue weighted by atomic mass is 32.1. The van der Waals surface area contributed by atoms with E-state index < -0.39 is 0 Å². The minimum absolute atomic E-state index is 0.0329. The van der Waals surface area contributed by atoms with E-state index in [1.54, 1.807) is 7.11 Å². The van der Waals surface area contributed by atoms with Crippen LogP contribution in [0.5, 0.6) is 5.75 Å². The van der Waals surface area contributed by atoms with Crippen LogP contribution in [0.2, 0.25) is 0 Å². The highest BCUT2D eigenvalue weighted by Gasteiger charge is 2.39. The van der Waals surface area contributed by atoms with Gasteiger partial charge in [-0.2, -0.15) is 0 Å². The minimum Gasteiger partial charge on any atom is -0.497 e. The average Bonchev–Trinajstić information content (AvgIpc) is 2.44. The molecule has 1 aliphatic carbocycles. The lowest BCUT2D eigenvalue weighted by Gasteiger charge is -2.39. The zero-order chi connectivity index (χ0) is 15.9. The van der Waals surface area contributed by atoms with Gasteiger partial charge in [-0.15, -0.1) is 0 Å². The fraction of sp³-hybridized carbons (Fsp3) is 0.412. The molecule has 1 aromatic carbocycles. The number of hydrogen-bond acceptors (Lipinski definition) is 3. The second-order valence-corrected chi connectivity index (χ2v) is 7.05. The second kappa shape index (κ2) is 5.39. The number of carbonyl (C=O) groups excluding carboxylic acids is 1. The average molecular weight is 316 g/mol. The van der Waals surface area contributed by atoms with Gasteiger partial charge in [0.1, 0.15) is 5.75 Å². The molecule has 0 saturated carbocycles. The van der Waals surface area contributed by atoms with Crippen LogP contribution in [0.1, 0.15) is 38.3 Å². The fourth-order valence-corrected chi connectivity index (χ4v) is 3.47. The van der Waals surface area contributed by atoms with Gasteiger partial charge >= 0.3 is 0 Å². The number of methoxy groups -OCH3 is 1. The molecule has 0 aromatic heterocycles. The molecular weight excluding hydrogens is 296 g/mol. The topological polar surface area (TPSA) is 50.4 Å². The summed E-state index contributed by atoms with van der Waals surface area (Å²) in [5.74, 6) is 0.955. The molecule has 22 heavy (non-hydrogen) atoms. The van der Waals surface area contributed by atoms with Crippen LogP contribution in [0.15, 0.2) is 35.5 Å². The van der Waals surface area contributed by atoms with E-state index >= 15 is 0 Å². The van der Waals surface area contributed by atoms with Crippen molar-refractivity contribution in [1.82, 2.24) is 10.6 Å². The molecule has 2 aliphatic rings. The van der Waals surface area contributed by atoms with Gasteiger partial charge in [0.05, 0.1) is 13.2 Å². The summed E-state index contributed by atoms with van der Waals surface area (Å²) in [5.41, 5.74) is 2.72. The van der Waals surface area contributed by atoms with Gasteiger partial charge in [0, 0.05) is 17.7 Å². The Balaban J connectivity index is 2.06. The van der Waals surface area contributed by atoms with Crippen molar-refractivity contribution in [3.63, 3.8) is 0 Å². The van der Waals surface area contributed by atoms with E-state index in [-0.39, 0.29) is 17.2 Å².